The summed E-state index contributed by atoms with van der Waals surface area (Å²) >= 11 is 2.80. The highest BCUT2D eigenvalue weighted by atomic mass is 32.2. The van der Waals surface area contributed by atoms with Crippen LogP contribution in [-0.4, -0.2) is 23.6 Å². The monoisotopic (exact) mass is 408 g/mol. The molecule has 0 aliphatic heterocycles. The lowest BCUT2D eigenvalue weighted by molar-refractivity contribution is 0.582. The van der Waals surface area contributed by atoms with Crippen LogP contribution in [0.4, 0.5) is 0 Å². The van der Waals surface area contributed by atoms with E-state index in [1.807, 2.05) is 18.4 Å². The summed E-state index contributed by atoms with van der Waals surface area (Å²) in [7, 11) is -3.56. The van der Waals surface area contributed by atoms with E-state index >= 15 is 0 Å². The molecule has 1 aliphatic carbocycles. The Morgan fingerprint density at radius 2 is 2.08 bits per heavy atom. The number of hydrogen-bond acceptors (Lipinski definition) is 6. The van der Waals surface area contributed by atoms with Crippen molar-refractivity contribution in [2.24, 2.45) is 0 Å². The number of nitrogens with zero attached hydrogens (tertiary/aromatic N) is 2. The minimum absolute atomic E-state index is 0.219. The Hall–Kier alpha value is -1.55. The van der Waals surface area contributed by atoms with Crippen molar-refractivity contribution in [3.05, 3.63) is 39.5 Å². The van der Waals surface area contributed by atoms with Crippen LogP contribution in [0.5, 0.6) is 0 Å². The van der Waals surface area contributed by atoms with Gasteiger partial charge < -0.3 is 0 Å². The molecule has 138 valence electrons. The fourth-order valence-electron chi connectivity index (χ4n) is 3.19. The lowest BCUT2D eigenvalue weighted by Crippen LogP contribution is -2.23. The van der Waals surface area contributed by atoms with E-state index < -0.39 is 10.0 Å². The van der Waals surface area contributed by atoms with Gasteiger partial charge in [-0.1, -0.05) is 6.42 Å². The number of nitrogens with one attached hydrogen (secondary N) is 2. The minimum atomic E-state index is -3.56. The molecule has 0 unspecified atom stereocenters. The number of aromatic amines is 1. The molecule has 6 nitrogen and oxygen atoms in total. The smallest absolute Gasteiger partial charge is 0.250 e. The zero-order valence-corrected chi connectivity index (χ0v) is 16.9. The summed E-state index contributed by atoms with van der Waals surface area (Å²) in [6, 6.07) is 3.45. The molecule has 0 spiro atoms. The fraction of sp³-hybridized carbons (Fsp3) is 0.412. The Kier molecular flexibility index (Phi) is 4.96. The highest BCUT2D eigenvalue weighted by molar-refractivity contribution is 7.91. The molecule has 0 saturated carbocycles. The third-order valence-electron chi connectivity index (χ3n) is 4.54. The summed E-state index contributed by atoms with van der Waals surface area (Å²) in [6.07, 6.45) is 5.47. The van der Waals surface area contributed by atoms with Crippen LogP contribution in [0.1, 0.15) is 41.2 Å². The van der Waals surface area contributed by atoms with Crippen LogP contribution in [0.3, 0.4) is 0 Å². The highest BCUT2D eigenvalue weighted by Gasteiger charge is 2.21. The molecule has 0 bridgehead atoms. The van der Waals surface area contributed by atoms with Crippen LogP contribution >= 0.6 is 22.7 Å². The van der Waals surface area contributed by atoms with Crippen LogP contribution in [0.15, 0.2) is 21.7 Å². The lowest BCUT2D eigenvalue weighted by Gasteiger charge is -2.05. The number of aromatic nitrogens is 3. The molecule has 9 heteroatoms. The topological polar surface area (TPSA) is 87.7 Å². The first kappa shape index (κ1) is 17.8. The zero-order chi connectivity index (χ0) is 18.1. The van der Waals surface area contributed by atoms with E-state index in [2.05, 4.69) is 19.9 Å². The highest BCUT2D eigenvalue weighted by Crippen LogP contribution is 2.31. The van der Waals surface area contributed by atoms with Gasteiger partial charge in [0.15, 0.2) is 0 Å². The van der Waals surface area contributed by atoms with E-state index in [0.717, 1.165) is 52.6 Å². The van der Waals surface area contributed by atoms with Gasteiger partial charge in [-0.05, 0) is 50.3 Å². The fourth-order valence-corrected chi connectivity index (χ4v) is 6.17. The summed E-state index contributed by atoms with van der Waals surface area (Å²) in [6.45, 7) is 2.16. The van der Waals surface area contributed by atoms with Crippen molar-refractivity contribution < 1.29 is 8.42 Å². The summed E-state index contributed by atoms with van der Waals surface area (Å²) in [5, 5.41) is 10.3. The molecule has 0 radical (unpaired) electrons. The van der Waals surface area contributed by atoms with Crippen molar-refractivity contribution in [1.29, 1.82) is 0 Å². The van der Waals surface area contributed by atoms with Crippen molar-refractivity contribution in [3.63, 3.8) is 0 Å². The first-order valence-electron chi connectivity index (χ1n) is 8.60. The summed E-state index contributed by atoms with van der Waals surface area (Å²) in [5.41, 5.74) is 4.00. The number of H-pyrrole nitrogens is 1. The molecular formula is C17H20N4O2S3. The Morgan fingerprint density at radius 3 is 2.88 bits per heavy atom. The maximum Gasteiger partial charge on any atom is 0.250 e. The molecule has 0 amide bonds. The van der Waals surface area contributed by atoms with Crippen molar-refractivity contribution in [2.45, 2.75) is 49.8 Å². The van der Waals surface area contributed by atoms with Crippen molar-refractivity contribution in [1.82, 2.24) is 19.9 Å². The molecule has 3 aromatic heterocycles. The standard InChI is InChI=1S/C17H20N4O2S3/c1-11-19-15(10-24-11)16-7-8-17(25-16)26(22,23)18-9-14-12-5-3-2-4-6-13(12)20-21-14/h7-8,10,18H,2-6,9H2,1H3,(H,20,21). The van der Waals surface area contributed by atoms with Gasteiger partial charge in [-0.15, -0.1) is 22.7 Å². The Morgan fingerprint density at radius 1 is 1.23 bits per heavy atom. The number of fused-ring (bicyclic) bond motifs is 1. The van der Waals surface area contributed by atoms with Crippen LogP contribution in [0, 0.1) is 6.92 Å². The number of hydrogen-bond donors (Lipinski definition) is 2. The molecule has 2 N–H and O–H groups in total. The van der Waals surface area contributed by atoms with Crippen molar-refractivity contribution >= 4 is 32.7 Å². The SMILES string of the molecule is Cc1nc(-c2ccc(S(=O)(=O)NCc3n[nH]c4c3CCCCC4)s2)cs1. The van der Waals surface area contributed by atoms with E-state index in [0.29, 0.717) is 4.21 Å². The van der Waals surface area contributed by atoms with E-state index in [1.54, 1.807) is 17.4 Å². The van der Waals surface area contributed by atoms with Gasteiger partial charge in [0, 0.05) is 11.1 Å². The normalized spacial score (nSPS) is 15.0. The van der Waals surface area contributed by atoms with Gasteiger partial charge in [-0.2, -0.15) is 5.10 Å². The Bertz CT molecular complexity index is 1020. The number of rotatable bonds is 5. The van der Waals surface area contributed by atoms with Crippen LogP contribution < -0.4 is 4.72 Å². The van der Waals surface area contributed by atoms with Crippen molar-refractivity contribution in [3.8, 4) is 10.6 Å². The third kappa shape index (κ3) is 3.62. The maximum atomic E-state index is 12.7. The van der Waals surface area contributed by atoms with E-state index in [-0.39, 0.29) is 6.54 Å². The van der Waals surface area contributed by atoms with Gasteiger partial charge >= 0.3 is 0 Å². The molecule has 1 aliphatic rings. The second kappa shape index (κ2) is 7.22. The van der Waals surface area contributed by atoms with Crippen molar-refractivity contribution in [2.75, 3.05) is 0 Å². The van der Waals surface area contributed by atoms with Crippen LogP contribution in [0.2, 0.25) is 0 Å². The maximum absolute atomic E-state index is 12.7. The minimum Gasteiger partial charge on any atom is -0.282 e. The first-order valence-corrected chi connectivity index (χ1v) is 11.8. The predicted octanol–water partition coefficient (Wildman–Crippen LogP) is 3.65. The molecule has 3 heterocycles. The quantitative estimate of drug-likeness (QED) is 0.631. The van der Waals surface area contributed by atoms with E-state index in [9.17, 15) is 8.42 Å². The summed E-state index contributed by atoms with van der Waals surface area (Å²) in [5.74, 6) is 0. The molecule has 4 rings (SSSR count). The van der Waals surface area contributed by atoms with Gasteiger partial charge in [0.1, 0.15) is 4.21 Å². The first-order chi connectivity index (χ1) is 12.5. The van der Waals surface area contributed by atoms with E-state index in [1.165, 1.54) is 23.3 Å². The largest absolute Gasteiger partial charge is 0.282 e. The van der Waals surface area contributed by atoms with Gasteiger partial charge in [0.25, 0.3) is 0 Å². The molecule has 3 aromatic rings. The number of aryl methyl sites for hydroxylation is 2. The lowest BCUT2D eigenvalue weighted by atomic mass is 10.1. The summed E-state index contributed by atoms with van der Waals surface area (Å²) in [4.78, 5) is 5.28. The second-order valence-electron chi connectivity index (χ2n) is 6.38. The zero-order valence-electron chi connectivity index (χ0n) is 14.4. The van der Waals surface area contributed by atoms with Gasteiger partial charge in [-0.3, -0.25) is 5.10 Å². The second-order valence-corrected chi connectivity index (χ2v) is 10.5. The van der Waals surface area contributed by atoms with Crippen LogP contribution in [0.25, 0.3) is 10.6 Å². The van der Waals surface area contributed by atoms with E-state index in [4.69, 9.17) is 0 Å². The Labute approximate surface area is 160 Å². The number of sulfonamides is 1. The van der Waals surface area contributed by atoms with Gasteiger partial charge in [-0.25, -0.2) is 18.1 Å². The average molecular weight is 409 g/mol. The van der Waals surface area contributed by atoms with Gasteiger partial charge in [0.2, 0.25) is 10.0 Å². The third-order valence-corrected chi connectivity index (χ3v) is 8.31. The average Bonchev–Trinajstić information content (AvgIpc) is 3.31. The molecule has 0 aromatic carbocycles. The molecule has 0 saturated heterocycles. The van der Waals surface area contributed by atoms with Crippen LogP contribution in [-0.2, 0) is 29.4 Å². The molecular weight excluding hydrogens is 388 g/mol. The number of thiophene rings is 1. The number of thiazole rings is 1. The molecule has 0 fully saturated rings. The summed E-state index contributed by atoms with van der Waals surface area (Å²) < 4.78 is 28.3. The molecule has 0 atom stereocenters. The Balaban J connectivity index is 1.50. The molecule has 26 heavy (non-hydrogen) atoms. The van der Waals surface area contributed by atoms with Gasteiger partial charge in [0.05, 0.1) is 27.8 Å². The predicted molar refractivity (Wildman–Crippen MR) is 104 cm³/mol.